The van der Waals surface area contributed by atoms with Gasteiger partial charge in [0, 0.05) is 31.4 Å². The zero-order chi connectivity index (χ0) is 26.8. The fourth-order valence-electron chi connectivity index (χ4n) is 5.23. The number of hydrogen-bond donors (Lipinski definition) is 0. The van der Waals surface area contributed by atoms with Crippen molar-refractivity contribution in [3.05, 3.63) is 117 Å². The minimum Gasteiger partial charge on any atom is -0.486 e. The predicted octanol–water partition coefficient (Wildman–Crippen LogP) is 5.88. The molecule has 0 spiro atoms. The number of hydrogen-bond acceptors (Lipinski definition) is 5. The van der Waals surface area contributed by atoms with E-state index in [0.717, 1.165) is 53.3 Å². The predicted molar refractivity (Wildman–Crippen MR) is 152 cm³/mol. The second-order valence-corrected chi connectivity index (χ2v) is 11.2. The third kappa shape index (κ3) is 5.59. The average molecular weight is 538 g/mol. The Balaban J connectivity index is 1.17. The Kier molecular flexibility index (Phi) is 7.16. The number of nitrogens with zero attached hydrogens (tertiary/aromatic N) is 3. The van der Waals surface area contributed by atoms with Crippen molar-refractivity contribution in [1.82, 2.24) is 14.8 Å². The van der Waals surface area contributed by atoms with E-state index in [1.165, 1.54) is 16.9 Å². The molecule has 1 aromatic heterocycles. The van der Waals surface area contributed by atoms with Crippen LogP contribution in [0.1, 0.15) is 56.6 Å². The van der Waals surface area contributed by atoms with E-state index in [0.29, 0.717) is 12.2 Å². The number of benzene rings is 3. The van der Waals surface area contributed by atoms with Gasteiger partial charge in [0.15, 0.2) is 0 Å². The normalized spacial score (nSPS) is 16.4. The molecule has 2 amide bonds. The summed E-state index contributed by atoms with van der Waals surface area (Å²) in [6, 6.07) is 26.3. The largest absolute Gasteiger partial charge is 0.486 e. The first-order valence-corrected chi connectivity index (χ1v) is 14.3. The number of carbonyl (C=O) groups is 2. The summed E-state index contributed by atoms with van der Waals surface area (Å²) in [5.74, 6) is 1.06. The molecule has 2 heterocycles. The molecule has 1 aliphatic heterocycles. The van der Waals surface area contributed by atoms with Gasteiger partial charge >= 0.3 is 0 Å². The highest BCUT2D eigenvalue weighted by atomic mass is 32.1. The number of aromatic nitrogens is 1. The molecule has 0 saturated heterocycles. The molecule has 1 aliphatic carbocycles. The van der Waals surface area contributed by atoms with Crippen molar-refractivity contribution in [2.75, 3.05) is 13.6 Å². The molecule has 7 heteroatoms. The van der Waals surface area contributed by atoms with Crippen LogP contribution in [0.2, 0.25) is 0 Å². The minimum absolute atomic E-state index is 0.110. The van der Waals surface area contributed by atoms with Crippen LogP contribution in [0.25, 0.3) is 0 Å². The highest BCUT2D eigenvalue weighted by Crippen LogP contribution is 2.41. The smallest absolute Gasteiger partial charge is 0.273 e. The van der Waals surface area contributed by atoms with Gasteiger partial charge in [-0.05, 0) is 53.6 Å². The molecular weight excluding hydrogens is 506 g/mol. The molecule has 2 aliphatic rings. The fourth-order valence-corrected chi connectivity index (χ4v) is 5.90. The van der Waals surface area contributed by atoms with Crippen LogP contribution in [0.5, 0.6) is 5.75 Å². The zero-order valence-electron chi connectivity index (χ0n) is 22.0. The van der Waals surface area contributed by atoms with Crippen LogP contribution in [0.4, 0.5) is 0 Å². The lowest BCUT2D eigenvalue weighted by molar-refractivity contribution is -0.134. The van der Waals surface area contributed by atoms with E-state index in [9.17, 15) is 9.59 Å². The van der Waals surface area contributed by atoms with Gasteiger partial charge < -0.3 is 14.5 Å². The number of amides is 2. The Morgan fingerprint density at radius 2 is 1.77 bits per heavy atom. The van der Waals surface area contributed by atoms with Crippen LogP contribution in [-0.4, -0.2) is 40.2 Å². The average Bonchev–Trinajstić information content (AvgIpc) is 3.72. The Hall–Kier alpha value is -3.97. The summed E-state index contributed by atoms with van der Waals surface area (Å²) < 4.78 is 6.17. The van der Waals surface area contributed by atoms with Crippen molar-refractivity contribution < 1.29 is 14.3 Å². The summed E-state index contributed by atoms with van der Waals surface area (Å²) in [5, 5.41) is 2.54. The van der Waals surface area contributed by atoms with Crippen LogP contribution in [0.3, 0.4) is 0 Å². The molecule has 0 N–H and O–H groups in total. The maximum absolute atomic E-state index is 13.2. The van der Waals surface area contributed by atoms with E-state index in [-0.39, 0.29) is 30.4 Å². The molecule has 0 bridgehead atoms. The fraction of sp³-hybridized carbons (Fsp3) is 0.281. The van der Waals surface area contributed by atoms with Gasteiger partial charge in [-0.1, -0.05) is 66.7 Å². The van der Waals surface area contributed by atoms with Gasteiger partial charge in [0.2, 0.25) is 5.91 Å². The number of thiazole rings is 1. The molecule has 0 unspecified atom stereocenters. The van der Waals surface area contributed by atoms with E-state index in [1.54, 1.807) is 17.3 Å². The zero-order valence-corrected chi connectivity index (χ0v) is 22.8. The van der Waals surface area contributed by atoms with Crippen molar-refractivity contribution in [1.29, 1.82) is 0 Å². The topological polar surface area (TPSA) is 62.7 Å². The van der Waals surface area contributed by atoms with Crippen LogP contribution in [-0.2, 0) is 24.4 Å². The Bertz CT molecular complexity index is 1470. The second kappa shape index (κ2) is 11.0. The molecule has 6 nitrogen and oxygen atoms in total. The molecule has 4 aromatic rings. The van der Waals surface area contributed by atoms with Gasteiger partial charge in [-0.25, -0.2) is 4.98 Å². The summed E-state index contributed by atoms with van der Waals surface area (Å²) in [6.45, 7) is 1.54. The highest BCUT2D eigenvalue weighted by Gasteiger charge is 2.39. The standard InChI is InChI=1S/C32H31N3O3S/c1-34(19-22-8-4-2-5-9-22)32(37)28-21-39-29(33-28)20-38-26-15-14-23-16-17-35(31(36)25-12-13-25)30(27(23)18-26)24-10-6-3-7-11-24/h2-11,14-15,18,21,25,30H,12-13,16-17,19-20H2,1H3/t30-/m1/s1. The number of carbonyl (C=O) groups excluding carboxylic acids is 2. The molecule has 1 fully saturated rings. The lowest BCUT2D eigenvalue weighted by atomic mass is 9.87. The maximum atomic E-state index is 13.2. The van der Waals surface area contributed by atoms with Crippen molar-refractivity contribution in [2.24, 2.45) is 5.92 Å². The third-order valence-electron chi connectivity index (χ3n) is 7.41. The van der Waals surface area contributed by atoms with E-state index in [2.05, 4.69) is 34.1 Å². The summed E-state index contributed by atoms with van der Waals surface area (Å²) in [5.41, 5.74) is 5.00. The van der Waals surface area contributed by atoms with Gasteiger partial charge in [-0.15, -0.1) is 11.3 Å². The molecular formula is C32H31N3O3S. The lowest BCUT2D eigenvalue weighted by Crippen LogP contribution is -2.41. The van der Waals surface area contributed by atoms with E-state index in [4.69, 9.17) is 4.74 Å². The summed E-state index contributed by atoms with van der Waals surface area (Å²) in [6.07, 6.45) is 2.83. The summed E-state index contributed by atoms with van der Waals surface area (Å²) in [7, 11) is 1.79. The van der Waals surface area contributed by atoms with Crippen LogP contribution >= 0.6 is 11.3 Å². The van der Waals surface area contributed by atoms with Gasteiger partial charge in [0.25, 0.3) is 5.91 Å². The summed E-state index contributed by atoms with van der Waals surface area (Å²) in [4.78, 5) is 34.4. The highest BCUT2D eigenvalue weighted by molar-refractivity contribution is 7.09. The van der Waals surface area contributed by atoms with Gasteiger partial charge in [-0.2, -0.15) is 0 Å². The number of rotatable bonds is 8. The number of ether oxygens (including phenoxy) is 1. The quantitative estimate of drug-likeness (QED) is 0.282. The molecule has 39 heavy (non-hydrogen) atoms. The molecule has 1 atom stereocenters. The maximum Gasteiger partial charge on any atom is 0.273 e. The molecule has 3 aromatic carbocycles. The monoisotopic (exact) mass is 537 g/mol. The van der Waals surface area contributed by atoms with Crippen molar-refractivity contribution >= 4 is 23.2 Å². The van der Waals surface area contributed by atoms with E-state index >= 15 is 0 Å². The molecule has 1 saturated carbocycles. The first kappa shape index (κ1) is 25.3. The Morgan fingerprint density at radius 3 is 2.51 bits per heavy atom. The molecule has 198 valence electrons. The van der Waals surface area contributed by atoms with Crippen LogP contribution in [0, 0.1) is 5.92 Å². The van der Waals surface area contributed by atoms with Crippen LogP contribution < -0.4 is 4.74 Å². The first-order chi connectivity index (χ1) is 19.1. The summed E-state index contributed by atoms with van der Waals surface area (Å²) >= 11 is 1.42. The number of fused-ring (bicyclic) bond motifs is 1. The first-order valence-electron chi connectivity index (χ1n) is 13.4. The van der Waals surface area contributed by atoms with Gasteiger partial charge in [0.05, 0.1) is 6.04 Å². The van der Waals surface area contributed by atoms with E-state index < -0.39 is 0 Å². The van der Waals surface area contributed by atoms with Crippen molar-refractivity contribution in [2.45, 2.75) is 38.5 Å². The lowest BCUT2D eigenvalue weighted by Gasteiger charge is -2.38. The SMILES string of the molecule is CN(Cc1ccccc1)C(=O)c1csc(COc2ccc3c(c2)[C@@H](c2ccccc2)N(C(=O)C2CC2)CC3)n1. The van der Waals surface area contributed by atoms with Gasteiger partial charge in [0.1, 0.15) is 23.1 Å². The van der Waals surface area contributed by atoms with E-state index in [1.807, 2.05) is 54.6 Å². The Morgan fingerprint density at radius 1 is 1.03 bits per heavy atom. The third-order valence-corrected chi connectivity index (χ3v) is 8.24. The minimum atomic E-state index is -0.115. The van der Waals surface area contributed by atoms with Crippen LogP contribution in [0.15, 0.2) is 84.2 Å². The second-order valence-electron chi connectivity index (χ2n) is 10.3. The van der Waals surface area contributed by atoms with Crippen molar-refractivity contribution in [3.63, 3.8) is 0 Å². The van der Waals surface area contributed by atoms with Gasteiger partial charge in [-0.3, -0.25) is 9.59 Å². The Labute approximate surface area is 232 Å². The molecule has 6 rings (SSSR count). The van der Waals surface area contributed by atoms with Crippen molar-refractivity contribution in [3.8, 4) is 5.75 Å². The molecule has 0 radical (unpaired) electrons.